The first-order chi connectivity index (χ1) is 12.0. The molecule has 0 heterocycles. The molecule has 2 aromatic carbocycles. The highest BCUT2D eigenvalue weighted by atomic mass is 16.6. The molecule has 0 amide bonds. The van der Waals surface area contributed by atoms with E-state index in [0.717, 1.165) is 19.3 Å². The van der Waals surface area contributed by atoms with Crippen LogP contribution in [-0.4, -0.2) is 22.9 Å². The van der Waals surface area contributed by atoms with Gasteiger partial charge in [-0.25, -0.2) is 0 Å². The van der Waals surface area contributed by atoms with Crippen LogP contribution in [0.5, 0.6) is 0 Å². The Balaban J connectivity index is 2.63. The Morgan fingerprint density at radius 3 is 1.68 bits per heavy atom. The van der Waals surface area contributed by atoms with Gasteiger partial charge in [-0.1, -0.05) is 20.3 Å². The second-order valence-corrected chi connectivity index (χ2v) is 5.74. The van der Waals surface area contributed by atoms with Gasteiger partial charge in [0.1, 0.15) is 11.4 Å². The standard InChI is InChI=1S/C17H22N4O4/c1-3-5-11-19-15-9-7-12-13(17(15)21(24)25)6-8-14(18-10-4-2)16(12)20(22)23/h6-9,18-19H,3-5,10-11H2,1-2H3. The first-order valence-corrected chi connectivity index (χ1v) is 8.37. The van der Waals surface area contributed by atoms with Crippen molar-refractivity contribution in [3.05, 3.63) is 44.5 Å². The number of nitrogens with one attached hydrogen (secondary N) is 2. The first kappa shape index (κ1) is 18.4. The molecule has 0 aliphatic rings. The molecule has 25 heavy (non-hydrogen) atoms. The van der Waals surface area contributed by atoms with E-state index >= 15 is 0 Å². The third kappa shape index (κ3) is 3.96. The topological polar surface area (TPSA) is 110 Å². The Hall–Kier alpha value is -2.90. The highest BCUT2D eigenvalue weighted by molar-refractivity contribution is 6.04. The van der Waals surface area contributed by atoms with Crippen LogP contribution in [0.25, 0.3) is 10.8 Å². The third-order valence-electron chi connectivity index (χ3n) is 3.92. The van der Waals surface area contributed by atoms with Gasteiger partial charge in [-0.3, -0.25) is 20.2 Å². The number of fused-ring (bicyclic) bond motifs is 1. The minimum absolute atomic E-state index is 0.126. The van der Waals surface area contributed by atoms with Crippen LogP contribution < -0.4 is 10.6 Å². The Kier molecular flexibility index (Phi) is 6.10. The van der Waals surface area contributed by atoms with E-state index in [1.807, 2.05) is 13.8 Å². The fourth-order valence-electron chi connectivity index (χ4n) is 2.71. The molecule has 0 fully saturated rings. The zero-order valence-corrected chi connectivity index (χ0v) is 14.4. The van der Waals surface area contributed by atoms with Crippen LogP contribution in [0, 0.1) is 20.2 Å². The number of nitrogens with zero attached hydrogens (tertiary/aromatic N) is 2. The first-order valence-electron chi connectivity index (χ1n) is 8.37. The van der Waals surface area contributed by atoms with Gasteiger partial charge >= 0.3 is 0 Å². The van der Waals surface area contributed by atoms with Crippen LogP contribution >= 0.6 is 0 Å². The summed E-state index contributed by atoms with van der Waals surface area (Å²) in [5.41, 5.74) is 0.503. The van der Waals surface area contributed by atoms with Crippen molar-refractivity contribution >= 4 is 33.5 Å². The number of hydrogen-bond acceptors (Lipinski definition) is 6. The second-order valence-electron chi connectivity index (χ2n) is 5.74. The molecule has 0 saturated heterocycles. The minimum Gasteiger partial charge on any atom is -0.379 e. The van der Waals surface area contributed by atoms with Crippen LogP contribution in [0.2, 0.25) is 0 Å². The maximum Gasteiger partial charge on any atom is 0.300 e. The van der Waals surface area contributed by atoms with Crippen LogP contribution in [0.4, 0.5) is 22.7 Å². The van der Waals surface area contributed by atoms with E-state index < -0.39 is 9.85 Å². The molecule has 0 aliphatic carbocycles. The molecule has 8 nitrogen and oxygen atoms in total. The highest BCUT2D eigenvalue weighted by Gasteiger charge is 2.25. The van der Waals surface area contributed by atoms with E-state index in [2.05, 4.69) is 10.6 Å². The summed E-state index contributed by atoms with van der Waals surface area (Å²) in [6.07, 6.45) is 2.66. The third-order valence-corrected chi connectivity index (χ3v) is 3.92. The average molecular weight is 346 g/mol. The van der Waals surface area contributed by atoms with Gasteiger partial charge in [0.15, 0.2) is 0 Å². The van der Waals surface area contributed by atoms with Gasteiger partial charge in [0.2, 0.25) is 0 Å². The molecule has 0 aromatic heterocycles. The fourth-order valence-corrected chi connectivity index (χ4v) is 2.71. The van der Waals surface area contributed by atoms with Gasteiger partial charge in [-0.15, -0.1) is 0 Å². The maximum absolute atomic E-state index is 11.6. The molecule has 0 bridgehead atoms. The Morgan fingerprint density at radius 2 is 1.28 bits per heavy atom. The van der Waals surface area contributed by atoms with E-state index in [4.69, 9.17) is 0 Å². The van der Waals surface area contributed by atoms with Gasteiger partial charge in [0.25, 0.3) is 11.4 Å². The van der Waals surface area contributed by atoms with Crippen molar-refractivity contribution in [2.45, 2.75) is 33.1 Å². The van der Waals surface area contributed by atoms with Gasteiger partial charge in [-0.05, 0) is 37.1 Å². The van der Waals surface area contributed by atoms with Crippen LogP contribution in [0.15, 0.2) is 24.3 Å². The number of nitro groups is 2. The molecule has 0 spiro atoms. The summed E-state index contributed by atoms with van der Waals surface area (Å²) in [5, 5.41) is 29.7. The van der Waals surface area contributed by atoms with Crippen molar-refractivity contribution in [2.75, 3.05) is 23.7 Å². The SMILES string of the molecule is CCCCNc1ccc2c([N+](=O)[O-])c(NCCC)ccc2c1[N+](=O)[O-]. The summed E-state index contributed by atoms with van der Waals surface area (Å²) in [5.74, 6) is 0. The Bertz CT molecular complexity index is 792. The monoisotopic (exact) mass is 346 g/mol. The van der Waals surface area contributed by atoms with Crippen molar-refractivity contribution in [2.24, 2.45) is 0 Å². The van der Waals surface area contributed by atoms with E-state index in [1.54, 1.807) is 24.3 Å². The molecular weight excluding hydrogens is 324 g/mol. The van der Waals surface area contributed by atoms with Crippen molar-refractivity contribution < 1.29 is 9.85 Å². The van der Waals surface area contributed by atoms with Gasteiger partial charge in [-0.2, -0.15) is 0 Å². The van der Waals surface area contributed by atoms with Gasteiger partial charge in [0.05, 0.1) is 20.6 Å². The average Bonchev–Trinajstić information content (AvgIpc) is 2.58. The second kappa shape index (κ2) is 8.27. The molecule has 2 N–H and O–H groups in total. The maximum atomic E-state index is 11.6. The van der Waals surface area contributed by atoms with Gasteiger partial charge < -0.3 is 10.6 Å². The number of rotatable bonds is 9. The van der Waals surface area contributed by atoms with Crippen molar-refractivity contribution in [3.63, 3.8) is 0 Å². The highest BCUT2D eigenvalue weighted by Crippen LogP contribution is 2.41. The van der Waals surface area contributed by atoms with Crippen molar-refractivity contribution in [1.82, 2.24) is 0 Å². The zero-order chi connectivity index (χ0) is 18.4. The van der Waals surface area contributed by atoms with Crippen LogP contribution in [0.1, 0.15) is 33.1 Å². The van der Waals surface area contributed by atoms with Crippen LogP contribution in [0.3, 0.4) is 0 Å². The summed E-state index contributed by atoms with van der Waals surface area (Å²) < 4.78 is 0. The fraction of sp³-hybridized carbons (Fsp3) is 0.412. The number of hydrogen-bond donors (Lipinski definition) is 2. The molecule has 2 rings (SSSR count). The van der Waals surface area contributed by atoms with Crippen molar-refractivity contribution in [1.29, 1.82) is 0 Å². The summed E-state index contributed by atoms with van der Waals surface area (Å²) in [6, 6.07) is 6.24. The molecule has 8 heteroatoms. The predicted molar refractivity (Wildman–Crippen MR) is 99.4 cm³/mol. The van der Waals surface area contributed by atoms with Crippen molar-refractivity contribution in [3.8, 4) is 0 Å². The molecule has 134 valence electrons. The van der Waals surface area contributed by atoms with E-state index in [9.17, 15) is 20.2 Å². The lowest BCUT2D eigenvalue weighted by atomic mass is 10.0. The number of unbranched alkanes of at least 4 members (excludes halogenated alkanes) is 1. The quantitative estimate of drug-likeness (QED) is 0.387. The number of anilines is 2. The van der Waals surface area contributed by atoms with Gasteiger partial charge in [0, 0.05) is 13.1 Å². The smallest absolute Gasteiger partial charge is 0.300 e. The lowest BCUT2D eigenvalue weighted by Crippen LogP contribution is -2.06. The Labute approximate surface area is 145 Å². The zero-order valence-electron chi connectivity index (χ0n) is 14.4. The summed E-state index contributed by atoms with van der Waals surface area (Å²) in [4.78, 5) is 22.2. The molecule has 2 aromatic rings. The number of nitro benzene ring substituents is 2. The van der Waals surface area contributed by atoms with E-state index in [-0.39, 0.29) is 22.1 Å². The largest absolute Gasteiger partial charge is 0.379 e. The van der Waals surface area contributed by atoms with E-state index in [1.165, 1.54) is 0 Å². The Morgan fingerprint density at radius 1 is 0.800 bits per heavy atom. The van der Waals surface area contributed by atoms with Crippen LogP contribution in [-0.2, 0) is 0 Å². The number of benzene rings is 2. The minimum atomic E-state index is -0.492. The normalized spacial score (nSPS) is 10.6. The predicted octanol–water partition coefficient (Wildman–Crippen LogP) is 4.69. The summed E-state index contributed by atoms with van der Waals surface area (Å²) in [6.45, 7) is 5.19. The molecule has 0 unspecified atom stereocenters. The van der Waals surface area contributed by atoms with E-state index in [0.29, 0.717) is 24.5 Å². The summed E-state index contributed by atoms with van der Waals surface area (Å²) in [7, 11) is 0. The molecular formula is C17H22N4O4. The molecule has 0 radical (unpaired) electrons. The molecule has 0 saturated carbocycles. The molecule has 0 aliphatic heterocycles. The lowest BCUT2D eigenvalue weighted by Gasteiger charge is -2.11. The molecule has 0 atom stereocenters. The summed E-state index contributed by atoms with van der Waals surface area (Å²) >= 11 is 0. The lowest BCUT2D eigenvalue weighted by molar-refractivity contribution is -0.383.